The average molecular weight is 252 g/mol. The first-order chi connectivity index (χ1) is 8.13. The molecule has 0 radical (unpaired) electrons. The normalized spacial score (nSPS) is 8.44. The van der Waals surface area contributed by atoms with Crippen molar-refractivity contribution in [2.45, 2.75) is 0 Å². The minimum Gasteiger partial charge on any atom is -0.478 e. The first kappa shape index (κ1) is 15.3. The molecule has 0 aliphatic heterocycles. The van der Waals surface area contributed by atoms with E-state index >= 15 is 0 Å². The Morgan fingerprint density at radius 2 is 1.56 bits per heavy atom. The molecular weight excluding hydrogens is 240 g/mol. The Morgan fingerprint density at radius 3 is 1.78 bits per heavy atom. The van der Waals surface area contributed by atoms with Gasteiger partial charge in [-0.2, -0.15) is 0 Å². The van der Waals surface area contributed by atoms with Gasteiger partial charge in [0.2, 0.25) is 0 Å². The summed E-state index contributed by atoms with van der Waals surface area (Å²) in [5.41, 5.74) is -0.380. The van der Waals surface area contributed by atoms with Gasteiger partial charge in [-0.3, -0.25) is 0 Å². The van der Waals surface area contributed by atoms with Crippen LogP contribution in [0.1, 0.15) is 20.7 Å². The highest BCUT2D eigenvalue weighted by molar-refractivity contribution is 6.01. The van der Waals surface area contributed by atoms with E-state index in [1.807, 2.05) is 0 Å². The number of aromatic carboxylic acids is 2. The van der Waals surface area contributed by atoms with Crippen molar-refractivity contribution < 1.29 is 25.3 Å². The Balaban J connectivity index is 0.000000405. The predicted molar refractivity (Wildman–Crippen MR) is 62.6 cm³/mol. The highest BCUT2D eigenvalue weighted by atomic mass is 16.4. The molecule has 0 aliphatic carbocycles. The lowest BCUT2D eigenvalue weighted by Crippen LogP contribution is -2.06. The molecule has 2 aromatic rings. The van der Waals surface area contributed by atoms with E-state index in [0.717, 1.165) is 0 Å². The number of H-pyrrole nitrogens is 1. The summed E-state index contributed by atoms with van der Waals surface area (Å²) in [5, 5.41) is 17.1. The Bertz CT molecular complexity index is 446. The molecule has 0 saturated heterocycles. The van der Waals surface area contributed by atoms with E-state index in [0.29, 0.717) is 0 Å². The standard InChI is InChI=1S/C8H6O4.C3H4N2.H2O/c9-7(10)5-3-1-2-4-6(5)8(11)12;1-2-5-3-4-1;/h1-4H,(H,9,10)(H,11,12);1-3H,(H,4,5);1H2. The second-order valence-electron chi connectivity index (χ2n) is 2.92. The molecule has 96 valence electrons. The van der Waals surface area contributed by atoms with E-state index in [4.69, 9.17) is 10.2 Å². The van der Waals surface area contributed by atoms with Gasteiger partial charge >= 0.3 is 11.9 Å². The van der Waals surface area contributed by atoms with Crippen LogP contribution >= 0.6 is 0 Å². The number of aromatic amines is 1. The molecule has 0 atom stereocenters. The molecule has 0 fully saturated rings. The Labute approximate surface area is 102 Å². The van der Waals surface area contributed by atoms with Crippen molar-refractivity contribution in [1.82, 2.24) is 9.97 Å². The van der Waals surface area contributed by atoms with E-state index in [9.17, 15) is 9.59 Å². The van der Waals surface area contributed by atoms with Gasteiger partial charge in [0.15, 0.2) is 0 Å². The Kier molecular flexibility index (Phi) is 6.45. The molecule has 0 bridgehead atoms. The van der Waals surface area contributed by atoms with Crippen molar-refractivity contribution in [2.24, 2.45) is 0 Å². The molecule has 7 nitrogen and oxygen atoms in total. The molecular formula is C11H12N2O5. The van der Waals surface area contributed by atoms with Crippen LogP contribution in [0.25, 0.3) is 0 Å². The molecule has 0 unspecified atom stereocenters. The molecule has 0 saturated carbocycles. The topological polar surface area (TPSA) is 135 Å². The summed E-state index contributed by atoms with van der Waals surface area (Å²) in [7, 11) is 0. The third-order valence-electron chi connectivity index (χ3n) is 1.79. The number of hydrogen-bond donors (Lipinski definition) is 3. The lowest BCUT2D eigenvalue weighted by Gasteiger charge is -1.98. The molecule has 0 aliphatic rings. The van der Waals surface area contributed by atoms with Gasteiger partial charge in [-0.05, 0) is 12.1 Å². The molecule has 2 rings (SSSR count). The molecule has 5 N–H and O–H groups in total. The van der Waals surface area contributed by atoms with Crippen molar-refractivity contribution >= 4 is 11.9 Å². The van der Waals surface area contributed by atoms with Crippen molar-refractivity contribution in [3.63, 3.8) is 0 Å². The maximum atomic E-state index is 10.5. The van der Waals surface area contributed by atoms with E-state index in [1.54, 1.807) is 18.7 Å². The summed E-state index contributed by atoms with van der Waals surface area (Å²) < 4.78 is 0. The van der Waals surface area contributed by atoms with Crippen molar-refractivity contribution in [1.29, 1.82) is 0 Å². The second-order valence-corrected chi connectivity index (χ2v) is 2.92. The van der Waals surface area contributed by atoms with Gasteiger partial charge < -0.3 is 20.7 Å². The number of aromatic nitrogens is 2. The maximum absolute atomic E-state index is 10.5. The van der Waals surface area contributed by atoms with E-state index in [-0.39, 0.29) is 16.6 Å². The number of carboxylic acids is 2. The largest absolute Gasteiger partial charge is 0.478 e. The smallest absolute Gasteiger partial charge is 0.336 e. The number of carboxylic acid groups (broad SMARTS) is 2. The Hall–Kier alpha value is -2.67. The molecule has 1 aromatic carbocycles. The first-order valence-electron chi connectivity index (χ1n) is 4.61. The quantitative estimate of drug-likeness (QED) is 0.721. The zero-order valence-corrected chi connectivity index (χ0v) is 9.20. The number of rotatable bonds is 2. The van der Waals surface area contributed by atoms with E-state index < -0.39 is 11.9 Å². The number of hydrogen-bond acceptors (Lipinski definition) is 3. The fourth-order valence-electron chi connectivity index (χ4n) is 1.07. The van der Waals surface area contributed by atoms with Crippen molar-refractivity contribution in [3.8, 4) is 0 Å². The molecule has 1 heterocycles. The minimum atomic E-state index is -1.23. The number of benzene rings is 1. The summed E-state index contributed by atoms with van der Waals surface area (Å²) in [6.45, 7) is 0. The van der Waals surface area contributed by atoms with Crippen LogP contribution in [0.15, 0.2) is 43.0 Å². The maximum Gasteiger partial charge on any atom is 0.336 e. The van der Waals surface area contributed by atoms with Gasteiger partial charge in [0.25, 0.3) is 0 Å². The molecule has 1 aromatic heterocycles. The summed E-state index contributed by atoms with van der Waals surface area (Å²) in [6, 6.07) is 5.48. The average Bonchev–Trinajstić information content (AvgIpc) is 2.87. The highest BCUT2D eigenvalue weighted by Crippen LogP contribution is 2.07. The van der Waals surface area contributed by atoms with Crippen LogP contribution in [0.3, 0.4) is 0 Å². The summed E-state index contributed by atoms with van der Waals surface area (Å²) in [6.07, 6.45) is 5.08. The SMILES string of the molecule is O.O=C(O)c1ccccc1C(=O)O.c1c[nH]cn1. The van der Waals surface area contributed by atoms with Crippen LogP contribution in [0.5, 0.6) is 0 Å². The highest BCUT2D eigenvalue weighted by Gasteiger charge is 2.13. The molecule has 0 spiro atoms. The van der Waals surface area contributed by atoms with Gasteiger partial charge in [0, 0.05) is 12.4 Å². The van der Waals surface area contributed by atoms with Gasteiger partial charge in [-0.1, -0.05) is 12.1 Å². The van der Waals surface area contributed by atoms with Gasteiger partial charge in [-0.25, -0.2) is 14.6 Å². The van der Waals surface area contributed by atoms with Crippen LogP contribution in [0.4, 0.5) is 0 Å². The molecule has 7 heteroatoms. The van der Waals surface area contributed by atoms with Crippen LogP contribution < -0.4 is 0 Å². The van der Waals surface area contributed by atoms with E-state index in [1.165, 1.54) is 24.3 Å². The van der Waals surface area contributed by atoms with Crippen LogP contribution in [0, 0.1) is 0 Å². The summed E-state index contributed by atoms with van der Waals surface area (Å²) in [5.74, 6) is -2.46. The fraction of sp³-hybridized carbons (Fsp3) is 0. The minimum absolute atomic E-state index is 0. The summed E-state index contributed by atoms with van der Waals surface area (Å²) >= 11 is 0. The Morgan fingerprint density at radius 1 is 1.06 bits per heavy atom. The number of nitrogens with zero attached hydrogens (tertiary/aromatic N) is 1. The first-order valence-corrected chi connectivity index (χ1v) is 4.61. The molecule has 18 heavy (non-hydrogen) atoms. The molecule has 0 amide bonds. The third kappa shape index (κ3) is 4.45. The lowest BCUT2D eigenvalue weighted by molar-refractivity contribution is 0.0651. The zero-order chi connectivity index (χ0) is 12.7. The predicted octanol–water partition coefficient (Wildman–Crippen LogP) is 0.668. The van der Waals surface area contributed by atoms with Crippen molar-refractivity contribution in [3.05, 3.63) is 54.1 Å². The number of carbonyl (C=O) groups is 2. The monoisotopic (exact) mass is 252 g/mol. The van der Waals surface area contributed by atoms with Gasteiger partial charge in [-0.15, -0.1) is 0 Å². The third-order valence-corrected chi connectivity index (χ3v) is 1.79. The van der Waals surface area contributed by atoms with Crippen LogP contribution in [-0.4, -0.2) is 37.6 Å². The summed E-state index contributed by atoms with van der Waals surface area (Å²) in [4.78, 5) is 27.3. The fourth-order valence-corrected chi connectivity index (χ4v) is 1.07. The van der Waals surface area contributed by atoms with Gasteiger partial charge in [0.1, 0.15) is 0 Å². The number of imidazole rings is 1. The van der Waals surface area contributed by atoms with Crippen LogP contribution in [-0.2, 0) is 0 Å². The van der Waals surface area contributed by atoms with Gasteiger partial charge in [0.05, 0.1) is 17.5 Å². The lowest BCUT2D eigenvalue weighted by atomic mass is 10.1. The zero-order valence-electron chi connectivity index (χ0n) is 9.20. The second kappa shape index (κ2) is 7.58. The number of nitrogens with one attached hydrogen (secondary N) is 1. The van der Waals surface area contributed by atoms with Crippen LogP contribution in [0.2, 0.25) is 0 Å². The van der Waals surface area contributed by atoms with Crippen molar-refractivity contribution in [2.75, 3.05) is 0 Å². The van der Waals surface area contributed by atoms with E-state index in [2.05, 4.69) is 9.97 Å².